The standard InChI is InChI=1S/C18H28ClN3/c1-4-22(5-2)15-7-8-16(3)21-18-10-6-9-17(19)11-13-20-14-12-18/h6,9-14,16,21H,4-5,7-8,15H2,1-3H3. The fraction of sp³-hybridized carbons (Fsp3) is 0.500. The normalized spacial score (nSPS) is 11.9. The molecule has 0 aromatic carbocycles. The number of hydrogen-bond acceptors (Lipinski definition) is 3. The lowest BCUT2D eigenvalue weighted by Crippen LogP contribution is -2.25. The Hall–Kier alpha value is -1.32. The van der Waals surface area contributed by atoms with Crippen LogP contribution in [0.4, 0.5) is 5.69 Å². The Bertz CT molecular complexity index is 474. The van der Waals surface area contributed by atoms with Crippen molar-refractivity contribution in [2.45, 2.75) is 39.7 Å². The number of anilines is 1. The van der Waals surface area contributed by atoms with E-state index in [1.165, 1.54) is 13.0 Å². The van der Waals surface area contributed by atoms with Crippen LogP contribution in [0.15, 0.2) is 42.7 Å². The van der Waals surface area contributed by atoms with Gasteiger partial charge in [0.25, 0.3) is 0 Å². The average Bonchev–Trinajstić information content (AvgIpc) is 2.51. The van der Waals surface area contributed by atoms with Crippen molar-refractivity contribution >= 4 is 17.3 Å². The van der Waals surface area contributed by atoms with Crippen molar-refractivity contribution in [3.8, 4) is 0 Å². The van der Waals surface area contributed by atoms with Crippen molar-refractivity contribution in [1.29, 1.82) is 0 Å². The van der Waals surface area contributed by atoms with Crippen LogP contribution in [-0.4, -0.2) is 35.6 Å². The molecule has 1 aromatic rings. The van der Waals surface area contributed by atoms with Gasteiger partial charge in [-0.05, 0) is 63.7 Å². The monoisotopic (exact) mass is 321 g/mol. The van der Waals surface area contributed by atoms with Gasteiger partial charge in [-0.3, -0.25) is 4.98 Å². The van der Waals surface area contributed by atoms with E-state index in [9.17, 15) is 0 Å². The molecule has 0 aliphatic rings. The second-order valence-corrected chi connectivity index (χ2v) is 5.80. The summed E-state index contributed by atoms with van der Waals surface area (Å²) in [6.07, 6.45) is 5.83. The van der Waals surface area contributed by atoms with Crippen LogP contribution in [0, 0.1) is 0 Å². The summed E-state index contributed by atoms with van der Waals surface area (Å²) >= 11 is 6.00. The van der Waals surface area contributed by atoms with E-state index in [4.69, 9.17) is 11.6 Å². The van der Waals surface area contributed by atoms with E-state index < -0.39 is 0 Å². The van der Waals surface area contributed by atoms with Gasteiger partial charge in [0.15, 0.2) is 0 Å². The Kier molecular flexibility index (Phi) is 9.60. The lowest BCUT2D eigenvalue weighted by Gasteiger charge is -2.20. The molecule has 0 bridgehead atoms. The molecular weight excluding hydrogens is 294 g/mol. The summed E-state index contributed by atoms with van der Waals surface area (Å²) in [6, 6.07) is 10.0. The van der Waals surface area contributed by atoms with E-state index in [0.29, 0.717) is 11.1 Å². The van der Waals surface area contributed by atoms with Gasteiger partial charge in [0.05, 0.1) is 0 Å². The molecule has 0 fully saturated rings. The highest BCUT2D eigenvalue weighted by Crippen LogP contribution is 2.10. The molecule has 1 unspecified atom stereocenters. The van der Waals surface area contributed by atoms with Gasteiger partial charge in [-0.2, -0.15) is 0 Å². The lowest BCUT2D eigenvalue weighted by atomic mass is 10.1. The van der Waals surface area contributed by atoms with Crippen molar-refractivity contribution in [2.24, 2.45) is 0 Å². The van der Waals surface area contributed by atoms with Gasteiger partial charge in [0.1, 0.15) is 0 Å². The number of hydrogen-bond donors (Lipinski definition) is 1. The molecular formula is C18H28ClN3. The minimum Gasteiger partial charge on any atom is -0.383 e. The molecule has 0 aliphatic carbocycles. The molecule has 1 aromatic heterocycles. The topological polar surface area (TPSA) is 28.2 Å². The molecule has 1 N–H and O–H groups in total. The summed E-state index contributed by atoms with van der Waals surface area (Å²) < 4.78 is 0. The third-order valence-electron chi connectivity index (χ3n) is 3.61. The van der Waals surface area contributed by atoms with E-state index in [0.717, 1.165) is 25.2 Å². The van der Waals surface area contributed by atoms with Crippen molar-refractivity contribution < 1.29 is 0 Å². The first-order chi connectivity index (χ1) is 10.7. The second-order valence-electron chi connectivity index (χ2n) is 5.36. The zero-order chi connectivity index (χ0) is 16.2. The maximum atomic E-state index is 6.00. The summed E-state index contributed by atoms with van der Waals surface area (Å²) in [4.78, 5) is 6.62. The molecule has 0 amide bonds. The number of nitrogens with one attached hydrogen (secondary N) is 1. The zero-order valence-corrected chi connectivity index (χ0v) is 14.7. The largest absolute Gasteiger partial charge is 0.383 e. The van der Waals surface area contributed by atoms with E-state index >= 15 is 0 Å². The van der Waals surface area contributed by atoms with Gasteiger partial charge in [-0.1, -0.05) is 31.5 Å². The van der Waals surface area contributed by atoms with Crippen LogP contribution in [0.5, 0.6) is 0 Å². The van der Waals surface area contributed by atoms with Gasteiger partial charge in [-0.15, -0.1) is 0 Å². The molecule has 0 saturated heterocycles. The van der Waals surface area contributed by atoms with Gasteiger partial charge in [-0.25, -0.2) is 0 Å². The molecule has 3 nitrogen and oxygen atoms in total. The summed E-state index contributed by atoms with van der Waals surface area (Å²) in [5, 5.41) is 4.20. The van der Waals surface area contributed by atoms with Gasteiger partial charge in [0.2, 0.25) is 0 Å². The van der Waals surface area contributed by atoms with Crippen LogP contribution >= 0.6 is 11.6 Å². The van der Waals surface area contributed by atoms with E-state index in [-0.39, 0.29) is 0 Å². The SMILES string of the molecule is CCN(CC)CCCC(C)Nc1cccc(Cl)ccncc1. The summed E-state index contributed by atoms with van der Waals surface area (Å²) in [5.74, 6) is 0. The van der Waals surface area contributed by atoms with E-state index in [1.54, 1.807) is 18.5 Å². The predicted octanol–water partition coefficient (Wildman–Crippen LogP) is 4.78. The van der Waals surface area contributed by atoms with Crippen LogP contribution in [0.25, 0.3) is 0 Å². The Morgan fingerprint density at radius 2 is 1.86 bits per heavy atom. The Balaban J connectivity index is 2.56. The number of rotatable bonds is 8. The molecule has 122 valence electrons. The van der Waals surface area contributed by atoms with Crippen LogP contribution < -0.4 is 5.32 Å². The minimum absolute atomic E-state index is 0.429. The molecule has 1 atom stereocenters. The minimum atomic E-state index is 0.429. The average molecular weight is 322 g/mol. The lowest BCUT2D eigenvalue weighted by molar-refractivity contribution is 0.295. The quantitative estimate of drug-likeness (QED) is 0.746. The predicted molar refractivity (Wildman–Crippen MR) is 97.0 cm³/mol. The molecule has 22 heavy (non-hydrogen) atoms. The number of halogens is 1. The zero-order valence-electron chi connectivity index (χ0n) is 13.9. The smallest absolute Gasteiger partial charge is 0.0421 e. The highest BCUT2D eigenvalue weighted by Gasteiger charge is 2.03. The molecule has 0 radical (unpaired) electrons. The van der Waals surface area contributed by atoms with E-state index in [1.807, 2.05) is 24.3 Å². The van der Waals surface area contributed by atoms with Crippen molar-refractivity contribution in [2.75, 3.05) is 25.0 Å². The third kappa shape index (κ3) is 8.20. The molecule has 1 rings (SSSR count). The highest BCUT2D eigenvalue weighted by atomic mass is 35.5. The molecule has 0 aliphatic heterocycles. The van der Waals surface area contributed by atoms with Crippen LogP contribution in [-0.2, 0) is 0 Å². The first-order valence-electron chi connectivity index (χ1n) is 8.08. The number of nitrogens with zero attached hydrogens (tertiary/aromatic N) is 2. The van der Waals surface area contributed by atoms with Crippen molar-refractivity contribution in [3.05, 3.63) is 47.7 Å². The molecule has 1 heterocycles. The molecule has 0 saturated carbocycles. The maximum Gasteiger partial charge on any atom is 0.0421 e. The molecule has 0 spiro atoms. The summed E-state index contributed by atoms with van der Waals surface area (Å²) in [7, 11) is 0. The van der Waals surface area contributed by atoms with Crippen LogP contribution in [0.3, 0.4) is 0 Å². The fourth-order valence-corrected chi connectivity index (χ4v) is 2.38. The fourth-order valence-electron chi connectivity index (χ4n) is 2.26. The Morgan fingerprint density at radius 3 is 2.59 bits per heavy atom. The Labute approximate surface area is 140 Å². The highest BCUT2D eigenvalue weighted by molar-refractivity contribution is 6.30. The van der Waals surface area contributed by atoms with Crippen LogP contribution in [0.2, 0.25) is 5.02 Å². The maximum absolute atomic E-state index is 6.00. The molecule has 4 heteroatoms. The van der Waals surface area contributed by atoms with E-state index in [2.05, 4.69) is 36.0 Å². The van der Waals surface area contributed by atoms with Crippen LogP contribution in [0.1, 0.15) is 33.6 Å². The summed E-state index contributed by atoms with van der Waals surface area (Å²) in [6.45, 7) is 10.1. The summed E-state index contributed by atoms with van der Waals surface area (Å²) in [5.41, 5.74) is 1.05. The first-order valence-corrected chi connectivity index (χ1v) is 8.46. The third-order valence-corrected chi connectivity index (χ3v) is 3.86. The van der Waals surface area contributed by atoms with Gasteiger partial charge < -0.3 is 10.2 Å². The van der Waals surface area contributed by atoms with Gasteiger partial charge in [0, 0.05) is 29.1 Å². The van der Waals surface area contributed by atoms with Gasteiger partial charge >= 0.3 is 0 Å². The Morgan fingerprint density at radius 1 is 1.14 bits per heavy atom. The first kappa shape index (κ1) is 18.7. The number of aromatic nitrogens is 1. The van der Waals surface area contributed by atoms with Crippen molar-refractivity contribution in [1.82, 2.24) is 9.88 Å². The van der Waals surface area contributed by atoms with Crippen molar-refractivity contribution in [3.63, 3.8) is 0 Å². The second kappa shape index (κ2) is 11.3.